The van der Waals surface area contributed by atoms with Gasteiger partial charge in [0.2, 0.25) is 0 Å². The number of benzene rings is 1. The van der Waals surface area contributed by atoms with E-state index in [9.17, 15) is 4.79 Å². The highest BCUT2D eigenvalue weighted by atomic mass is 35.5. The third-order valence-corrected chi connectivity index (χ3v) is 3.12. The number of anilines is 2. The molecule has 0 bridgehead atoms. The second kappa shape index (κ2) is 6.39. The molecule has 0 unspecified atom stereocenters. The number of pyridine rings is 1. The Morgan fingerprint density at radius 2 is 2.10 bits per heavy atom. The quantitative estimate of drug-likeness (QED) is 0.905. The lowest BCUT2D eigenvalue weighted by atomic mass is 10.1. The van der Waals surface area contributed by atoms with Crippen LogP contribution in [0.5, 0.6) is 0 Å². The van der Waals surface area contributed by atoms with Crippen molar-refractivity contribution in [3.8, 4) is 0 Å². The average Bonchev–Trinajstić information content (AvgIpc) is 2.41. The van der Waals surface area contributed by atoms with Crippen LogP contribution in [0.4, 0.5) is 11.5 Å². The third-order valence-electron chi connectivity index (χ3n) is 2.79. The number of nitrogens with zero attached hydrogens (tertiary/aromatic N) is 1. The molecule has 0 saturated heterocycles. The van der Waals surface area contributed by atoms with Gasteiger partial charge in [-0.25, -0.2) is 4.98 Å². The lowest BCUT2D eigenvalue weighted by Gasteiger charge is -2.09. The molecule has 0 aliphatic heterocycles. The van der Waals surface area contributed by atoms with E-state index < -0.39 is 0 Å². The minimum absolute atomic E-state index is 0.246. The molecule has 0 atom stereocenters. The van der Waals surface area contributed by atoms with E-state index in [4.69, 9.17) is 17.3 Å². The fourth-order valence-corrected chi connectivity index (χ4v) is 2.07. The molecular weight excluding hydrogens is 274 g/mol. The Morgan fingerprint density at radius 1 is 1.35 bits per heavy atom. The molecular formula is C15H16ClN3O. The molecule has 5 heteroatoms. The highest BCUT2D eigenvalue weighted by Crippen LogP contribution is 2.21. The number of nitrogens with two attached hydrogens (primary N) is 1. The van der Waals surface area contributed by atoms with E-state index in [1.54, 1.807) is 24.3 Å². The van der Waals surface area contributed by atoms with Crippen molar-refractivity contribution < 1.29 is 4.79 Å². The Bertz CT molecular complexity index is 628. The van der Waals surface area contributed by atoms with Crippen molar-refractivity contribution in [2.45, 2.75) is 19.8 Å². The van der Waals surface area contributed by atoms with Crippen LogP contribution in [-0.2, 0) is 6.42 Å². The van der Waals surface area contributed by atoms with Crippen LogP contribution >= 0.6 is 11.6 Å². The number of carbonyl (C=O) groups excluding carboxylic acids is 1. The normalized spacial score (nSPS) is 10.3. The number of hydrogen-bond donors (Lipinski definition) is 2. The van der Waals surface area contributed by atoms with Gasteiger partial charge in [0.05, 0.1) is 10.7 Å². The number of amides is 1. The van der Waals surface area contributed by atoms with Gasteiger partial charge >= 0.3 is 0 Å². The SMILES string of the molecule is CCCc1cc(C(=O)Nc2ccccc2Cl)cc(N)n1. The summed E-state index contributed by atoms with van der Waals surface area (Å²) >= 11 is 6.02. The summed E-state index contributed by atoms with van der Waals surface area (Å²) in [7, 11) is 0. The maximum absolute atomic E-state index is 12.2. The molecule has 2 aromatic rings. The summed E-state index contributed by atoms with van der Waals surface area (Å²) in [6.07, 6.45) is 1.74. The van der Waals surface area contributed by atoms with Gasteiger partial charge in [-0.3, -0.25) is 4.79 Å². The zero-order valence-electron chi connectivity index (χ0n) is 11.2. The molecule has 2 rings (SSSR count). The molecule has 1 aromatic carbocycles. The second-order valence-corrected chi connectivity index (χ2v) is 4.86. The Kier molecular flexibility index (Phi) is 4.58. The van der Waals surface area contributed by atoms with Gasteiger partial charge in [-0.15, -0.1) is 0 Å². The van der Waals surface area contributed by atoms with Crippen LogP contribution in [0.1, 0.15) is 29.4 Å². The summed E-state index contributed by atoms with van der Waals surface area (Å²) in [5.74, 6) is 0.102. The number of aromatic nitrogens is 1. The molecule has 0 aliphatic carbocycles. The molecule has 1 heterocycles. The number of nitrogens with one attached hydrogen (secondary N) is 1. The maximum Gasteiger partial charge on any atom is 0.255 e. The van der Waals surface area contributed by atoms with Crippen LogP contribution in [-0.4, -0.2) is 10.9 Å². The fraction of sp³-hybridized carbons (Fsp3) is 0.200. The van der Waals surface area contributed by atoms with Crippen LogP contribution in [0.3, 0.4) is 0 Å². The van der Waals surface area contributed by atoms with Crippen LogP contribution < -0.4 is 11.1 Å². The number of nitrogen functional groups attached to an aromatic ring is 1. The lowest BCUT2D eigenvalue weighted by Crippen LogP contribution is -2.13. The summed E-state index contributed by atoms with van der Waals surface area (Å²) < 4.78 is 0. The topological polar surface area (TPSA) is 68.0 Å². The van der Waals surface area contributed by atoms with E-state index in [-0.39, 0.29) is 5.91 Å². The minimum Gasteiger partial charge on any atom is -0.384 e. The summed E-state index contributed by atoms with van der Waals surface area (Å²) in [5.41, 5.74) is 7.61. The van der Waals surface area contributed by atoms with Crippen molar-refractivity contribution >= 4 is 29.0 Å². The molecule has 1 aromatic heterocycles. The Hall–Kier alpha value is -2.07. The monoisotopic (exact) mass is 289 g/mol. The third kappa shape index (κ3) is 3.48. The highest BCUT2D eigenvalue weighted by Gasteiger charge is 2.10. The number of aryl methyl sites for hydroxylation is 1. The van der Waals surface area contributed by atoms with Crippen molar-refractivity contribution in [1.82, 2.24) is 4.98 Å². The van der Waals surface area contributed by atoms with Gasteiger partial charge in [-0.05, 0) is 30.7 Å². The van der Waals surface area contributed by atoms with Crippen molar-refractivity contribution in [3.05, 3.63) is 52.7 Å². The molecule has 0 saturated carbocycles. The van der Waals surface area contributed by atoms with E-state index in [0.29, 0.717) is 22.1 Å². The van der Waals surface area contributed by atoms with E-state index >= 15 is 0 Å². The van der Waals surface area contributed by atoms with E-state index in [2.05, 4.69) is 10.3 Å². The summed E-state index contributed by atoms with van der Waals surface area (Å²) in [5, 5.41) is 3.27. The molecule has 0 aliphatic rings. The second-order valence-electron chi connectivity index (χ2n) is 4.46. The molecule has 0 fully saturated rings. The summed E-state index contributed by atoms with van der Waals surface area (Å²) in [6, 6.07) is 10.4. The number of halogens is 1. The molecule has 3 N–H and O–H groups in total. The van der Waals surface area contributed by atoms with E-state index in [1.165, 1.54) is 0 Å². The van der Waals surface area contributed by atoms with Crippen LogP contribution in [0, 0.1) is 0 Å². The van der Waals surface area contributed by atoms with Crippen molar-refractivity contribution in [3.63, 3.8) is 0 Å². The molecule has 4 nitrogen and oxygen atoms in total. The predicted molar refractivity (Wildman–Crippen MR) is 82.0 cm³/mol. The lowest BCUT2D eigenvalue weighted by molar-refractivity contribution is 0.102. The molecule has 104 valence electrons. The number of carbonyl (C=O) groups is 1. The average molecular weight is 290 g/mol. The maximum atomic E-state index is 12.2. The number of rotatable bonds is 4. The highest BCUT2D eigenvalue weighted by molar-refractivity contribution is 6.33. The predicted octanol–water partition coefficient (Wildman–Crippen LogP) is 3.52. The van der Waals surface area contributed by atoms with Gasteiger partial charge < -0.3 is 11.1 Å². The Morgan fingerprint density at radius 3 is 2.80 bits per heavy atom. The van der Waals surface area contributed by atoms with Crippen LogP contribution in [0.25, 0.3) is 0 Å². The van der Waals surface area contributed by atoms with E-state index in [0.717, 1.165) is 18.5 Å². The first-order valence-corrected chi connectivity index (χ1v) is 6.80. The Labute approximate surface area is 123 Å². The van der Waals surface area contributed by atoms with Crippen molar-refractivity contribution in [2.24, 2.45) is 0 Å². The molecule has 0 spiro atoms. The number of para-hydroxylation sites is 1. The first-order chi connectivity index (χ1) is 9.60. The van der Waals surface area contributed by atoms with Gasteiger partial charge in [0, 0.05) is 11.3 Å². The largest absolute Gasteiger partial charge is 0.384 e. The zero-order chi connectivity index (χ0) is 14.5. The van der Waals surface area contributed by atoms with Crippen LogP contribution in [0.15, 0.2) is 36.4 Å². The van der Waals surface area contributed by atoms with Crippen LogP contribution in [0.2, 0.25) is 5.02 Å². The van der Waals surface area contributed by atoms with Crippen molar-refractivity contribution in [1.29, 1.82) is 0 Å². The van der Waals surface area contributed by atoms with Gasteiger partial charge in [0.1, 0.15) is 5.82 Å². The van der Waals surface area contributed by atoms with Gasteiger partial charge in [0.25, 0.3) is 5.91 Å². The van der Waals surface area contributed by atoms with Crippen molar-refractivity contribution in [2.75, 3.05) is 11.1 Å². The summed E-state index contributed by atoms with van der Waals surface area (Å²) in [6.45, 7) is 2.05. The van der Waals surface area contributed by atoms with E-state index in [1.807, 2.05) is 19.1 Å². The van der Waals surface area contributed by atoms with Gasteiger partial charge in [-0.2, -0.15) is 0 Å². The minimum atomic E-state index is -0.246. The molecule has 1 amide bonds. The first kappa shape index (κ1) is 14.3. The molecule has 20 heavy (non-hydrogen) atoms. The standard InChI is InChI=1S/C15H16ClN3O/c1-2-5-11-8-10(9-14(17)18-11)15(20)19-13-7-4-3-6-12(13)16/h3-4,6-9H,2,5H2,1H3,(H2,17,18)(H,19,20). The Balaban J connectivity index is 2.23. The smallest absolute Gasteiger partial charge is 0.255 e. The number of hydrogen-bond acceptors (Lipinski definition) is 3. The fourth-order valence-electron chi connectivity index (χ4n) is 1.88. The first-order valence-electron chi connectivity index (χ1n) is 6.42. The summed E-state index contributed by atoms with van der Waals surface area (Å²) in [4.78, 5) is 16.4. The zero-order valence-corrected chi connectivity index (χ0v) is 11.9. The van der Waals surface area contributed by atoms with Gasteiger partial charge in [-0.1, -0.05) is 37.1 Å². The van der Waals surface area contributed by atoms with Gasteiger partial charge in [0.15, 0.2) is 0 Å². The molecule has 0 radical (unpaired) electrons.